The van der Waals surface area contributed by atoms with E-state index in [1.807, 2.05) is 48.7 Å². The summed E-state index contributed by atoms with van der Waals surface area (Å²) in [6.07, 6.45) is 3.33. The number of aryl methyl sites for hydroxylation is 1. The second-order valence-electron chi connectivity index (χ2n) is 9.07. The number of aliphatic hydroxyl groups excluding tert-OH is 1. The molecule has 0 saturated carbocycles. The Balaban J connectivity index is 1.55. The summed E-state index contributed by atoms with van der Waals surface area (Å²) in [6, 6.07) is 20.0. The fourth-order valence-electron chi connectivity index (χ4n) is 4.89. The smallest absolute Gasteiger partial charge is 0.295 e. The molecule has 0 bridgehead atoms. The quantitative estimate of drug-likeness (QED) is 0.161. The van der Waals surface area contributed by atoms with Crippen LogP contribution in [0.15, 0.2) is 83.0 Å². The lowest BCUT2D eigenvalue weighted by Gasteiger charge is -2.25. The SMILES string of the molecule is CCc1ccc([C@@H]2C(=C(O)c3ccc(Br)cc3)C(=O)C(=O)N2CCc2c[nH]c3ccc(OC)cc23)cc1. The van der Waals surface area contributed by atoms with Gasteiger partial charge in [-0.15, -0.1) is 0 Å². The number of hydrogen-bond donors (Lipinski definition) is 2. The average molecular weight is 559 g/mol. The largest absolute Gasteiger partial charge is 0.507 e. The number of hydrogen-bond acceptors (Lipinski definition) is 4. The molecule has 4 aromatic rings. The number of halogens is 1. The van der Waals surface area contributed by atoms with Gasteiger partial charge in [-0.05, 0) is 59.9 Å². The third-order valence-corrected chi connectivity index (χ3v) is 7.49. The molecular weight excluding hydrogens is 532 g/mol. The molecule has 2 N–H and O–H groups in total. The van der Waals surface area contributed by atoms with Crippen LogP contribution in [0.25, 0.3) is 16.7 Å². The van der Waals surface area contributed by atoms with Crippen LogP contribution < -0.4 is 4.74 Å². The molecule has 0 unspecified atom stereocenters. The van der Waals surface area contributed by atoms with Crippen molar-refractivity contribution >= 4 is 44.3 Å². The monoisotopic (exact) mass is 558 g/mol. The fourth-order valence-corrected chi connectivity index (χ4v) is 5.15. The van der Waals surface area contributed by atoms with E-state index in [0.29, 0.717) is 18.5 Å². The number of Topliss-reactive ketones (excluding diaryl/α,β-unsaturated/α-hetero) is 1. The van der Waals surface area contributed by atoms with Crippen molar-refractivity contribution in [3.8, 4) is 5.75 Å². The number of nitrogens with one attached hydrogen (secondary N) is 1. The number of ketones is 1. The summed E-state index contributed by atoms with van der Waals surface area (Å²) in [6.45, 7) is 2.39. The van der Waals surface area contributed by atoms with Gasteiger partial charge < -0.3 is 19.7 Å². The van der Waals surface area contributed by atoms with Crippen molar-refractivity contribution in [2.24, 2.45) is 0 Å². The summed E-state index contributed by atoms with van der Waals surface area (Å²) in [5, 5.41) is 12.3. The fraction of sp³-hybridized carbons (Fsp3) is 0.200. The molecule has 1 aliphatic rings. The topological polar surface area (TPSA) is 82.6 Å². The number of ether oxygens (including phenoxy) is 1. The van der Waals surface area contributed by atoms with Crippen LogP contribution in [0.4, 0.5) is 0 Å². The Morgan fingerprint density at radius 1 is 1.05 bits per heavy atom. The Hall–Kier alpha value is -3.84. The Kier molecular flexibility index (Phi) is 6.89. The number of benzene rings is 3. The number of H-pyrrole nitrogens is 1. The molecule has 1 fully saturated rings. The van der Waals surface area contributed by atoms with Crippen molar-refractivity contribution in [3.63, 3.8) is 0 Å². The number of nitrogens with zero attached hydrogens (tertiary/aromatic N) is 1. The molecule has 5 rings (SSSR count). The number of rotatable bonds is 7. The van der Waals surface area contributed by atoms with E-state index >= 15 is 0 Å². The van der Waals surface area contributed by atoms with Crippen LogP contribution in [0.1, 0.15) is 35.2 Å². The van der Waals surface area contributed by atoms with E-state index in [0.717, 1.165) is 44.2 Å². The zero-order valence-electron chi connectivity index (χ0n) is 20.6. The van der Waals surface area contributed by atoms with Gasteiger partial charge in [-0.1, -0.05) is 59.3 Å². The molecule has 0 radical (unpaired) electrons. The Morgan fingerprint density at radius 3 is 2.46 bits per heavy atom. The Bertz CT molecular complexity index is 1500. The summed E-state index contributed by atoms with van der Waals surface area (Å²) in [5.41, 5.74) is 4.53. The molecule has 1 amide bonds. The van der Waals surface area contributed by atoms with Crippen LogP contribution >= 0.6 is 15.9 Å². The highest BCUT2D eigenvalue weighted by molar-refractivity contribution is 9.10. The number of aliphatic hydroxyl groups is 1. The minimum absolute atomic E-state index is 0.108. The second-order valence-corrected chi connectivity index (χ2v) is 9.99. The van der Waals surface area contributed by atoms with Crippen LogP contribution in [0.5, 0.6) is 5.75 Å². The third-order valence-electron chi connectivity index (χ3n) is 6.96. The van der Waals surface area contributed by atoms with E-state index in [2.05, 4.69) is 27.8 Å². The Labute approximate surface area is 223 Å². The summed E-state index contributed by atoms with van der Waals surface area (Å²) in [7, 11) is 1.63. The lowest BCUT2D eigenvalue weighted by molar-refractivity contribution is -0.139. The first-order chi connectivity index (χ1) is 17.9. The van der Waals surface area contributed by atoms with Crippen LogP contribution in [0.2, 0.25) is 0 Å². The molecule has 0 aliphatic carbocycles. The minimum atomic E-state index is -0.686. The van der Waals surface area contributed by atoms with E-state index in [-0.39, 0.29) is 11.3 Å². The summed E-state index contributed by atoms with van der Waals surface area (Å²) >= 11 is 3.40. The highest BCUT2D eigenvalue weighted by atomic mass is 79.9. The van der Waals surface area contributed by atoms with Crippen molar-refractivity contribution < 1.29 is 19.4 Å². The summed E-state index contributed by atoms with van der Waals surface area (Å²) < 4.78 is 6.23. The van der Waals surface area contributed by atoms with Gasteiger partial charge in [0.25, 0.3) is 11.7 Å². The number of likely N-dealkylation sites (tertiary alicyclic amines) is 1. The molecule has 1 atom stereocenters. The van der Waals surface area contributed by atoms with Gasteiger partial charge in [0.2, 0.25) is 0 Å². The number of carbonyl (C=O) groups excluding carboxylic acids is 2. The van der Waals surface area contributed by atoms with Crippen molar-refractivity contribution in [1.82, 2.24) is 9.88 Å². The van der Waals surface area contributed by atoms with Crippen LogP contribution in [-0.2, 0) is 22.4 Å². The zero-order valence-corrected chi connectivity index (χ0v) is 22.2. The highest BCUT2D eigenvalue weighted by Gasteiger charge is 2.45. The first kappa shape index (κ1) is 24.8. The number of carbonyl (C=O) groups is 2. The molecule has 0 spiro atoms. The molecule has 7 heteroatoms. The van der Waals surface area contributed by atoms with Crippen molar-refractivity contribution in [1.29, 1.82) is 0 Å². The molecule has 37 heavy (non-hydrogen) atoms. The van der Waals surface area contributed by atoms with Gasteiger partial charge in [0.15, 0.2) is 0 Å². The summed E-state index contributed by atoms with van der Waals surface area (Å²) in [5.74, 6) is -0.708. The van der Waals surface area contributed by atoms with Crippen LogP contribution in [0.3, 0.4) is 0 Å². The molecule has 1 aliphatic heterocycles. The predicted molar refractivity (Wildman–Crippen MR) is 148 cm³/mol. The number of fused-ring (bicyclic) bond motifs is 1. The van der Waals surface area contributed by atoms with Gasteiger partial charge in [0.05, 0.1) is 18.7 Å². The van der Waals surface area contributed by atoms with Gasteiger partial charge in [-0.2, -0.15) is 0 Å². The van der Waals surface area contributed by atoms with E-state index in [1.165, 1.54) is 0 Å². The van der Waals surface area contributed by atoms with Gasteiger partial charge in [-0.3, -0.25) is 9.59 Å². The van der Waals surface area contributed by atoms with Gasteiger partial charge in [0, 0.05) is 33.7 Å². The van der Waals surface area contributed by atoms with Crippen LogP contribution in [0, 0.1) is 0 Å². The van der Waals surface area contributed by atoms with Gasteiger partial charge in [-0.25, -0.2) is 0 Å². The number of aromatic nitrogens is 1. The van der Waals surface area contributed by atoms with E-state index in [9.17, 15) is 14.7 Å². The molecule has 188 valence electrons. The summed E-state index contributed by atoms with van der Waals surface area (Å²) in [4.78, 5) is 31.5. The molecule has 1 aromatic heterocycles. The highest BCUT2D eigenvalue weighted by Crippen LogP contribution is 2.40. The normalized spacial score (nSPS) is 17.1. The van der Waals surface area contributed by atoms with Crippen LogP contribution in [-0.4, -0.2) is 40.3 Å². The van der Waals surface area contributed by atoms with Crippen molar-refractivity contribution in [2.75, 3.05) is 13.7 Å². The molecule has 6 nitrogen and oxygen atoms in total. The maximum Gasteiger partial charge on any atom is 0.295 e. The third kappa shape index (κ3) is 4.67. The lowest BCUT2D eigenvalue weighted by atomic mass is 9.94. The van der Waals surface area contributed by atoms with Crippen molar-refractivity contribution in [3.05, 3.63) is 105 Å². The number of methoxy groups -OCH3 is 1. The minimum Gasteiger partial charge on any atom is -0.507 e. The van der Waals surface area contributed by atoms with Gasteiger partial charge in [0.1, 0.15) is 11.5 Å². The van der Waals surface area contributed by atoms with E-state index in [1.54, 1.807) is 36.3 Å². The van der Waals surface area contributed by atoms with E-state index < -0.39 is 17.7 Å². The maximum atomic E-state index is 13.3. The van der Waals surface area contributed by atoms with Gasteiger partial charge >= 0.3 is 0 Å². The van der Waals surface area contributed by atoms with E-state index in [4.69, 9.17) is 4.74 Å². The number of amides is 1. The Morgan fingerprint density at radius 2 is 1.78 bits per heavy atom. The molecule has 2 heterocycles. The standard InChI is InChI=1S/C30H27BrN2O4/c1-3-18-4-6-19(7-5-18)27-26(28(34)20-8-10-22(31)11-9-20)29(35)30(36)33(27)15-14-21-17-32-25-13-12-23(37-2)16-24(21)25/h4-13,16-17,27,32,34H,3,14-15H2,1-2H3/t27-/m1/s1. The van der Waals surface area contributed by atoms with Crippen molar-refractivity contribution in [2.45, 2.75) is 25.8 Å². The zero-order chi connectivity index (χ0) is 26.1. The molecular formula is C30H27BrN2O4. The predicted octanol–water partition coefficient (Wildman–Crippen LogP) is 6.17. The molecule has 3 aromatic carbocycles. The number of aromatic amines is 1. The first-order valence-electron chi connectivity index (χ1n) is 12.2. The lowest BCUT2D eigenvalue weighted by Crippen LogP contribution is -2.31. The maximum absolute atomic E-state index is 13.3. The molecule has 1 saturated heterocycles. The first-order valence-corrected chi connectivity index (χ1v) is 13.0. The average Bonchev–Trinajstić information content (AvgIpc) is 3.44. The second kappa shape index (κ2) is 10.3.